The monoisotopic (exact) mass is 585 g/mol. The third kappa shape index (κ3) is 7.20. The Morgan fingerprint density at radius 2 is 1.60 bits per heavy atom. The molecule has 0 spiro atoms. The maximum absolute atomic E-state index is 14.0. The fourth-order valence-electron chi connectivity index (χ4n) is 4.93. The Kier molecular flexibility index (Phi) is 9.81. The van der Waals surface area contributed by atoms with Gasteiger partial charge in [0.2, 0.25) is 11.8 Å². The van der Waals surface area contributed by atoms with Crippen molar-refractivity contribution in [2.45, 2.75) is 62.6 Å². The number of hydrogen-bond acceptors (Lipinski definition) is 4. The van der Waals surface area contributed by atoms with Crippen LogP contribution >= 0.6 is 11.6 Å². The number of halogens is 2. The minimum Gasteiger partial charge on any atom is -0.352 e. The highest BCUT2D eigenvalue weighted by Gasteiger charge is 2.34. The fraction of sp³-hybridized carbons (Fsp3) is 0.333. The molecule has 0 radical (unpaired) electrons. The predicted molar refractivity (Wildman–Crippen MR) is 154 cm³/mol. The van der Waals surface area contributed by atoms with E-state index in [1.54, 1.807) is 42.5 Å². The summed E-state index contributed by atoms with van der Waals surface area (Å²) < 4.78 is 42.2. The number of rotatable bonds is 11. The van der Waals surface area contributed by atoms with E-state index in [0.717, 1.165) is 47.7 Å². The molecule has 1 N–H and O–H groups in total. The first kappa shape index (κ1) is 29.6. The number of amides is 2. The zero-order valence-electron chi connectivity index (χ0n) is 22.3. The highest BCUT2D eigenvalue weighted by Crippen LogP contribution is 2.26. The number of nitrogens with one attached hydrogen (secondary N) is 1. The van der Waals surface area contributed by atoms with E-state index in [4.69, 9.17) is 11.6 Å². The second-order valence-corrected chi connectivity index (χ2v) is 12.2. The van der Waals surface area contributed by atoms with Gasteiger partial charge in [-0.15, -0.1) is 0 Å². The SMILES string of the molecule is CC[C@H](C(=O)NC1CCCC1)N(Cc1ccc(Cl)cc1)C(=O)CN(c1ccc(F)cc1)S(=O)(=O)c1ccccc1. The van der Waals surface area contributed by atoms with Gasteiger partial charge in [-0.3, -0.25) is 13.9 Å². The number of nitrogens with zero attached hydrogens (tertiary/aromatic N) is 2. The zero-order valence-corrected chi connectivity index (χ0v) is 23.9. The summed E-state index contributed by atoms with van der Waals surface area (Å²) in [5, 5.41) is 3.61. The third-order valence-corrected chi connectivity index (χ3v) is 9.12. The summed E-state index contributed by atoms with van der Waals surface area (Å²) >= 11 is 6.06. The molecule has 2 amide bonds. The van der Waals surface area contributed by atoms with Crippen LogP contribution in [0.1, 0.15) is 44.6 Å². The number of benzene rings is 3. The van der Waals surface area contributed by atoms with Crippen molar-refractivity contribution in [3.05, 3.63) is 95.3 Å². The van der Waals surface area contributed by atoms with Gasteiger partial charge in [0.25, 0.3) is 10.0 Å². The van der Waals surface area contributed by atoms with Crippen LogP contribution in [0.2, 0.25) is 5.02 Å². The van der Waals surface area contributed by atoms with Crippen molar-refractivity contribution >= 4 is 39.1 Å². The van der Waals surface area contributed by atoms with Gasteiger partial charge in [-0.05, 0) is 73.4 Å². The molecule has 0 aliphatic heterocycles. The Balaban J connectivity index is 1.69. The van der Waals surface area contributed by atoms with Crippen molar-refractivity contribution < 1.29 is 22.4 Å². The molecule has 1 aliphatic rings. The molecule has 4 rings (SSSR count). The van der Waals surface area contributed by atoms with Gasteiger partial charge in [0.1, 0.15) is 18.4 Å². The lowest BCUT2D eigenvalue weighted by Crippen LogP contribution is -2.53. The maximum Gasteiger partial charge on any atom is 0.264 e. The first-order valence-corrected chi connectivity index (χ1v) is 15.2. The van der Waals surface area contributed by atoms with E-state index < -0.39 is 34.3 Å². The Labute approximate surface area is 240 Å². The summed E-state index contributed by atoms with van der Waals surface area (Å²) in [6.07, 6.45) is 4.19. The molecule has 40 heavy (non-hydrogen) atoms. The van der Waals surface area contributed by atoms with Crippen LogP contribution in [-0.2, 0) is 26.2 Å². The lowest BCUT2D eigenvalue weighted by Gasteiger charge is -2.33. The average Bonchev–Trinajstić information content (AvgIpc) is 3.46. The van der Waals surface area contributed by atoms with Gasteiger partial charge >= 0.3 is 0 Å². The van der Waals surface area contributed by atoms with Crippen molar-refractivity contribution in [1.29, 1.82) is 0 Å². The van der Waals surface area contributed by atoms with Gasteiger partial charge in [-0.25, -0.2) is 12.8 Å². The van der Waals surface area contributed by atoms with Crippen LogP contribution in [0.25, 0.3) is 0 Å². The molecule has 1 fully saturated rings. The van der Waals surface area contributed by atoms with E-state index in [1.165, 1.54) is 29.2 Å². The molecule has 1 atom stereocenters. The molecule has 212 valence electrons. The molecule has 0 aromatic heterocycles. The Morgan fingerprint density at radius 3 is 2.20 bits per heavy atom. The topological polar surface area (TPSA) is 86.8 Å². The molecule has 0 saturated heterocycles. The van der Waals surface area contributed by atoms with Crippen LogP contribution in [0.3, 0.4) is 0 Å². The van der Waals surface area contributed by atoms with Crippen LogP contribution in [0.15, 0.2) is 83.8 Å². The smallest absolute Gasteiger partial charge is 0.264 e. The summed E-state index contributed by atoms with van der Waals surface area (Å²) in [6.45, 7) is 1.32. The summed E-state index contributed by atoms with van der Waals surface area (Å²) in [5.74, 6) is -1.37. The lowest BCUT2D eigenvalue weighted by molar-refractivity contribution is -0.140. The zero-order chi connectivity index (χ0) is 28.7. The third-order valence-electron chi connectivity index (χ3n) is 7.08. The summed E-state index contributed by atoms with van der Waals surface area (Å²) in [7, 11) is -4.20. The number of sulfonamides is 1. The van der Waals surface area contributed by atoms with E-state index in [9.17, 15) is 22.4 Å². The minimum absolute atomic E-state index is 0.0117. The van der Waals surface area contributed by atoms with Gasteiger partial charge in [-0.2, -0.15) is 0 Å². The number of anilines is 1. The molecule has 3 aromatic rings. The van der Waals surface area contributed by atoms with E-state index in [-0.39, 0.29) is 29.1 Å². The van der Waals surface area contributed by atoms with Gasteiger partial charge in [0.05, 0.1) is 10.6 Å². The van der Waals surface area contributed by atoms with E-state index in [0.29, 0.717) is 11.4 Å². The van der Waals surface area contributed by atoms with Crippen LogP contribution < -0.4 is 9.62 Å². The number of carbonyl (C=O) groups is 2. The minimum atomic E-state index is -4.20. The van der Waals surface area contributed by atoms with Crippen molar-refractivity contribution in [2.24, 2.45) is 0 Å². The van der Waals surface area contributed by atoms with E-state index in [2.05, 4.69) is 5.32 Å². The van der Waals surface area contributed by atoms with Crippen molar-refractivity contribution in [2.75, 3.05) is 10.8 Å². The number of carbonyl (C=O) groups excluding carboxylic acids is 2. The van der Waals surface area contributed by atoms with Gasteiger partial charge in [-0.1, -0.05) is 61.7 Å². The van der Waals surface area contributed by atoms with Gasteiger partial charge < -0.3 is 10.2 Å². The van der Waals surface area contributed by atoms with E-state index >= 15 is 0 Å². The molecule has 0 bridgehead atoms. The Morgan fingerprint density at radius 1 is 0.975 bits per heavy atom. The highest BCUT2D eigenvalue weighted by molar-refractivity contribution is 7.92. The molecule has 1 aliphatic carbocycles. The molecule has 3 aromatic carbocycles. The van der Waals surface area contributed by atoms with Crippen molar-refractivity contribution in [3.8, 4) is 0 Å². The van der Waals surface area contributed by atoms with Gasteiger partial charge in [0.15, 0.2) is 0 Å². The quantitative estimate of drug-likeness (QED) is 0.320. The van der Waals surface area contributed by atoms with Crippen LogP contribution in [0.4, 0.5) is 10.1 Å². The highest BCUT2D eigenvalue weighted by atomic mass is 35.5. The van der Waals surface area contributed by atoms with Gasteiger partial charge in [0, 0.05) is 17.6 Å². The lowest BCUT2D eigenvalue weighted by atomic mass is 10.1. The molecule has 1 saturated carbocycles. The first-order valence-electron chi connectivity index (χ1n) is 13.4. The summed E-state index contributed by atoms with van der Waals surface area (Å²) in [5.41, 5.74) is 0.873. The number of hydrogen-bond donors (Lipinski definition) is 1. The van der Waals surface area contributed by atoms with Crippen LogP contribution in [-0.4, -0.2) is 43.8 Å². The predicted octanol–water partition coefficient (Wildman–Crippen LogP) is 5.54. The largest absolute Gasteiger partial charge is 0.352 e. The van der Waals surface area contributed by atoms with Crippen LogP contribution in [0, 0.1) is 5.82 Å². The molecular weight excluding hydrogens is 553 g/mol. The molecule has 7 nitrogen and oxygen atoms in total. The molecular formula is C30H33ClFN3O4S. The normalized spacial score (nSPS) is 14.5. The second-order valence-electron chi connectivity index (χ2n) is 9.86. The Bertz CT molecular complexity index is 1400. The van der Waals surface area contributed by atoms with Crippen molar-refractivity contribution in [1.82, 2.24) is 10.2 Å². The van der Waals surface area contributed by atoms with Crippen LogP contribution in [0.5, 0.6) is 0 Å². The van der Waals surface area contributed by atoms with E-state index in [1.807, 2.05) is 6.92 Å². The standard InChI is InChI=1S/C30H33ClFN3O4S/c1-2-28(30(37)33-25-8-6-7-9-25)34(20-22-12-14-23(31)15-13-22)29(36)21-35(26-18-16-24(32)17-19-26)40(38,39)27-10-4-3-5-11-27/h3-5,10-19,25,28H,2,6-9,20-21H2,1H3,(H,33,37)/t28-/m1/s1. The molecule has 10 heteroatoms. The first-order chi connectivity index (χ1) is 19.2. The average molecular weight is 586 g/mol. The summed E-state index contributed by atoms with van der Waals surface area (Å²) in [4.78, 5) is 28.9. The molecule has 0 unspecified atom stereocenters. The maximum atomic E-state index is 14.0. The summed E-state index contributed by atoms with van der Waals surface area (Å²) in [6, 6.07) is 18.8. The second kappa shape index (κ2) is 13.3. The fourth-order valence-corrected chi connectivity index (χ4v) is 6.49. The van der Waals surface area contributed by atoms with Crippen molar-refractivity contribution in [3.63, 3.8) is 0 Å². The molecule has 0 heterocycles. The Hall–Kier alpha value is -3.43.